The fraction of sp³-hybridized carbons (Fsp3) is 0. The summed E-state index contributed by atoms with van der Waals surface area (Å²) in [5.41, 5.74) is 7.88. The van der Waals surface area contributed by atoms with Gasteiger partial charge in [-0.05, 0) is 24.3 Å². The molecule has 4 nitrogen and oxygen atoms in total. The Kier molecular flexibility index (Phi) is 3.43. The molecule has 4 aromatic heterocycles. The smallest absolute Gasteiger partial charge is 0.148 e. The van der Waals surface area contributed by atoms with Crippen LogP contribution in [0.15, 0.2) is 97.3 Å². The summed E-state index contributed by atoms with van der Waals surface area (Å²) in [6.45, 7) is 0. The highest BCUT2D eigenvalue weighted by atomic mass is 15.0. The van der Waals surface area contributed by atoms with E-state index < -0.39 is 0 Å². The molecule has 0 fully saturated rings. The topological polar surface area (TPSA) is 43.1 Å². The van der Waals surface area contributed by atoms with Crippen molar-refractivity contribution in [1.29, 1.82) is 0 Å². The molecule has 0 radical (unpaired) electrons. The van der Waals surface area contributed by atoms with Crippen LogP contribution in [0.5, 0.6) is 0 Å². The van der Waals surface area contributed by atoms with E-state index >= 15 is 0 Å². The number of nitrogens with zero attached hydrogens (tertiary/aromatic N) is 4. The minimum atomic E-state index is 0.875. The first-order chi connectivity index (χ1) is 14.4. The van der Waals surface area contributed by atoms with Crippen molar-refractivity contribution in [3.63, 3.8) is 0 Å². The summed E-state index contributed by atoms with van der Waals surface area (Å²) in [4.78, 5) is 14.4. The lowest BCUT2D eigenvalue weighted by Crippen LogP contribution is -1.96. The summed E-state index contributed by atoms with van der Waals surface area (Å²) in [5, 5.41) is 0.998. The van der Waals surface area contributed by atoms with Gasteiger partial charge in [0.1, 0.15) is 16.7 Å². The first-order valence-electron chi connectivity index (χ1n) is 9.56. The normalized spacial score (nSPS) is 11.4. The number of rotatable bonds is 2. The van der Waals surface area contributed by atoms with Crippen molar-refractivity contribution in [3.05, 3.63) is 97.3 Å². The quantitative estimate of drug-likeness (QED) is 0.363. The highest BCUT2D eigenvalue weighted by Crippen LogP contribution is 2.37. The minimum Gasteiger partial charge on any atom is -0.289 e. The summed E-state index contributed by atoms with van der Waals surface area (Å²) >= 11 is 0. The molecule has 0 aliphatic heterocycles. The van der Waals surface area contributed by atoms with Crippen LogP contribution in [0.1, 0.15) is 0 Å². The highest BCUT2D eigenvalue weighted by Gasteiger charge is 2.20. The van der Waals surface area contributed by atoms with E-state index in [2.05, 4.69) is 62.9 Å². The molecule has 4 heterocycles. The van der Waals surface area contributed by atoms with Gasteiger partial charge in [-0.3, -0.25) is 14.4 Å². The molecule has 0 bridgehead atoms. The van der Waals surface area contributed by atoms with Gasteiger partial charge in [-0.2, -0.15) is 0 Å². The monoisotopic (exact) mass is 372 g/mol. The summed E-state index contributed by atoms with van der Waals surface area (Å²) in [7, 11) is 0. The zero-order valence-corrected chi connectivity index (χ0v) is 15.5. The Morgan fingerprint density at radius 3 is 2.00 bits per heavy atom. The van der Waals surface area contributed by atoms with Gasteiger partial charge in [-0.1, -0.05) is 60.7 Å². The van der Waals surface area contributed by atoms with Crippen molar-refractivity contribution in [1.82, 2.24) is 19.4 Å². The number of hydrogen-bond acceptors (Lipinski definition) is 3. The molecule has 6 aromatic rings. The molecule has 0 amide bonds. The lowest BCUT2D eigenvalue weighted by Gasteiger charge is -2.10. The zero-order valence-electron chi connectivity index (χ0n) is 15.5. The molecule has 2 aromatic carbocycles. The molecule has 0 aliphatic carbocycles. The van der Waals surface area contributed by atoms with Crippen molar-refractivity contribution < 1.29 is 0 Å². The SMILES string of the molecule is c1ccc(-c2nc3c4cccnc4c4ncccc4n3c2-c2ccccc2)cc1. The van der Waals surface area contributed by atoms with Crippen LogP contribution in [0.2, 0.25) is 0 Å². The van der Waals surface area contributed by atoms with Crippen molar-refractivity contribution >= 4 is 27.6 Å². The summed E-state index contributed by atoms with van der Waals surface area (Å²) in [6, 6.07) is 28.8. The molecular formula is C25H16N4. The fourth-order valence-corrected chi connectivity index (χ4v) is 4.03. The molecular weight excluding hydrogens is 356 g/mol. The van der Waals surface area contributed by atoms with Gasteiger partial charge in [0, 0.05) is 28.9 Å². The van der Waals surface area contributed by atoms with Crippen LogP contribution < -0.4 is 0 Å². The van der Waals surface area contributed by atoms with Crippen molar-refractivity contribution in [2.75, 3.05) is 0 Å². The van der Waals surface area contributed by atoms with Crippen LogP contribution in [0, 0.1) is 0 Å². The van der Waals surface area contributed by atoms with E-state index in [4.69, 9.17) is 4.98 Å². The maximum Gasteiger partial charge on any atom is 0.148 e. The van der Waals surface area contributed by atoms with E-state index in [0.29, 0.717) is 0 Å². The summed E-state index contributed by atoms with van der Waals surface area (Å²) < 4.78 is 2.23. The second kappa shape index (κ2) is 6.24. The highest BCUT2D eigenvalue weighted by molar-refractivity contribution is 6.09. The van der Waals surface area contributed by atoms with Gasteiger partial charge >= 0.3 is 0 Å². The van der Waals surface area contributed by atoms with Gasteiger partial charge in [-0.15, -0.1) is 0 Å². The number of hydrogen-bond donors (Lipinski definition) is 0. The first kappa shape index (κ1) is 16.0. The lowest BCUT2D eigenvalue weighted by atomic mass is 10.0. The molecule has 29 heavy (non-hydrogen) atoms. The maximum absolute atomic E-state index is 5.13. The van der Waals surface area contributed by atoms with Crippen LogP contribution in [-0.4, -0.2) is 19.4 Å². The predicted molar refractivity (Wildman–Crippen MR) is 117 cm³/mol. The number of pyridine rings is 3. The zero-order chi connectivity index (χ0) is 19.2. The van der Waals surface area contributed by atoms with E-state index in [-0.39, 0.29) is 0 Å². The molecule has 0 unspecified atom stereocenters. The van der Waals surface area contributed by atoms with E-state index in [1.807, 2.05) is 48.8 Å². The van der Waals surface area contributed by atoms with Gasteiger partial charge in [0.2, 0.25) is 0 Å². The maximum atomic E-state index is 5.13. The summed E-state index contributed by atoms with van der Waals surface area (Å²) in [6.07, 6.45) is 3.63. The van der Waals surface area contributed by atoms with Gasteiger partial charge in [0.05, 0.1) is 16.9 Å². The molecule has 0 aliphatic rings. The Bertz CT molecular complexity index is 1490. The fourth-order valence-electron chi connectivity index (χ4n) is 4.03. The van der Waals surface area contributed by atoms with Crippen molar-refractivity contribution in [2.24, 2.45) is 0 Å². The minimum absolute atomic E-state index is 0.875. The Morgan fingerprint density at radius 1 is 0.586 bits per heavy atom. The van der Waals surface area contributed by atoms with Crippen LogP contribution in [0.25, 0.3) is 50.1 Å². The Morgan fingerprint density at radius 2 is 1.24 bits per heavy atom. The van der Waals surface area contributed by atoms with Crippen LogP contribution >= 0.6 is 0 Å². The average molecular weight is 372 g/mol. The van der Waals surface area contributed by atoms with Gasteiger partial charge < -0.3 is 0 Å². The van der Waals surface area contributed by atoms with Gasteiger partial charge in [-0.25, -0.2) is 4.98 Å². The molecule has 0 saturated heterocycles. The van der Waals surface area contributed by atoms with Crippen molar-refractivity contribution in [2.45, 2.75) is 0 Å². The number of aromatic nitrogens is 4. The second-order valence-electron chi connectivity index (χ2n) is 6.97. The molecule has 136 valence electrons. The van der Waals surface area contributed by atoms with E-state index in [1.54, 1.807) is 0 Å². The third-order valence-corrected chi connectivity index (χ3v) is 5.27. The lowest BCUT2D eigenvalue weighted by molar-refractivity contribution is 1.24. The Hall–Kier alpha value is -4.05. The predicted octanol–water partition coefficient (Wildman–Crippen LogP) is 5.76. The largest absolute Gasteiger partial charge is 0.289 e. The van der Waals surface area contributed by atoms with E-state index in [0.717, 1.165) is 50.1 Å². The Balaban J connectivity index is 1.90. The third-order valence-electron chi connectivity index (χ3n) is 5.27. The number of benzene rings is 2. The van der Waals surface area contributed by atoms with Gasteiger partial charge in [0.15, 0.2) is 0 Å². The van der Waals surface area contributed by atoms with E-state index in [9.17, 15) is 0 Å². The standard InChI is InChI=1S/C25H16N4/c1-3-9-17(10-4-1)21-24(18-11-5-2-6-12-18)29-20-14-8-16-27-23(20)22-19(25(29)28-21)13-7-15-26-22/h1-16H. The van der Waals surface area contributed by atoms with Crippen molar-refractivity contribution in [3.8, 4) is 22.5 Å². The van der Waals surface area contributed by atoms with Crippen LogP contribution in [0.4, 0.5) is 0 Å². The second-order valence-corrected chi connectivity index (χ2v) is 6.97. The van der Waals surface area contributed by atoms with Crippen LogP contribution in [-0.2, 0) is 0 Å². The summed E-state index contributed by atoms with van der Waals surface area (Å²) in [5.74, 6) is 0. The first-order valence-corrected chi connectivity index (χ1v) is 9.56. The molecule has 4 heteroatoms. The molecule has 0 saturated carbocycles. The van der Waals surface area contributed by atoms with Gasteiger partial charge in [0.25, 0.3) is 0 Å². The molecule has 0 N–H and O–H groups in total. The molecule has 6 rings (SSSR count). The molecule has 0 spiro atoms. The molecule has 0 atom stereocenters. The number of fused-ring (bicyclic) bond motifs is 6. The average Bonchev–Trinajstić information content (AvgIpc) is 3.22. The number of imidazole rings is 1. The van der Waals surface area contributed by atoms with E-state index in [1.165, 1.54) is 0 Å². The Labute approximate surface area is 167 Å². The third kappa shape index (κ3) is 2.36. The van der Waals surface area contributed by atoms with Crippen LogP contribution in [0.3, 0.4) is 0 Å².